The maximum atomic E-state index is 6.14. The second-order valence-corrected chi connectivity index (χ2v) is 3.87. The molecule has 0 atom stereocenters. The van der Waals surface area contributed by atoms with Crippen molar-refractivity contribution in [1.82, 2.24) is 0 Å². The second kappa shape index (κ2) is 7.48. The van der Waals surface area contributed by atoms with Crippen LogP contribution in [0.25, 0.3) is 0 Å². The van der Waals surface area contributed by atoms with Crippen LogP contribution >= 0.6 is 11.6 Å². The van der Waals surface area contributed by atoms with Crippen LogP contribution < -0.4 is 20.9 Å². The van der Waals surface area contributed by atoms with Gasteiger partial charge in [-0.15, -0.1) is 5.10 Å². The van der Waals surface area contributed by atoms with Crippen molar-refractivity contribution in [2.45, 2.75) is 13.8 Å². The first-order valence-corrected chi connectivity index (χ1v) is 6.17. The number of hydrogen-bond acceptors (Lipinski definition) is 4. The van der Waals surface area contributed by atoms with Gasteiger partial charge in [0.1, 0.15) is 0 Å². The minimum atomic E-state index is -0.113. The van der Waals surface area contributed by atoms with Crippen LogP contribution in [0.4, 0.5) is 0 Å². The van der Waals surface area contributed by atoms with Crippen molar-refractivity contribution < 1.29 is 9.47 Å². The van der Waals surface area contributed by atoms with Crippen LogP contribution in [0.15, 0.2) is 22.3 Å². The third kappa shape index (κ3) is 4.67. The van der Waals surface area contributed by atoms with Gasteiger partial charge in [-0.3, -0.25) is 0 Å². The predicted molar refractivity (Wildman–Crippen MR) is 77.2 cm³/mol. The van der Waals surface area contributed by atoms with Crippen LogP contribution in [0.2, 0.25) is 5.02 Å². The van der Waals surface area contributed by atoms with Gasteiger partial charge in [-0.1, -0.05) is 11.6 Å². The number of rotatable bonds is 6. The molecule has 0 bridgehead atoms. The Morgan fingerprint density at radius 1 is 1.26 bits per heavy atom. The third-order valence-corrected chi connectivity index (χ3v) is 2.28. The Morgan fingerprint density at radius 2 is 1.95 bits per heavy atom. The lowest BCUT2D eigenvalue weighted by atomic mass is 10.2. The molecule has 19 heavy (non-hydrogen) atoms. The maximum Gasteiger partial charge on any atom is 0.211 e. The highest BCUT2D eigenvalue weighted by molar-refractivity contribution is 6.32. The summed E-state index contributed by atoms with van der Waals surface area (Å²) in [5.74, 6) is 0.964. The lowest BCUT2D eigenvalue weighted by Crippen LogP contribution is -2.21. The minimum Gasteiger partial charge on any atom is -0.490 e. The summed E-state index contributed by atoms with van der Waals surface area (Å²) in [5, 5.41) is 7.67. The number of nitrogens with two attached hydrogens (primary N) is 2. The highest BCUT2D eigenvalue weighted by Crippen LogP contribution is 2.36. The molecule has 0 saturated carbocycles. The van der Waals surface area contributed by atoms with Crippen molar-refractivity contribution in [2.24, 2.45) is 21.7 Å². The average Bonchev–Trinajstić information content (AvgIpc) is 2.33. The van der Waals surface area contributed by atoms with Gasteiger partial charge in [0.15, 0.2) is 11.5 Å². The van der Waals surface area contributed by atoms with Crippen LogP contribution in [0.5, 0.6) is 11.5 Å². The van der Waals surface area contributed by atoms with Crippen molar-refractivity contribution in [3.63, 3.8) is 0 Å². The van der Waals surface area contributed by atoms with E-state index in [-0.39, 0.29) is 5.96 Å². The van der Waals surface area contributed by atoms with E-state index in [1.54, 1.807) is 12.1 Å². The fourth-order valence-electron chi connectivity index (χ4n) is 1.37. The highest BCUT2D eigenvalue weighted by atomic mass is 35.5. The summed E-state index contributed by atoms with van der Waals surface area (Å²) in [6.07, 6.45) is 1.48. The zero-order valence-corrected chi connectivity index (χ0v) is 11.6. The van der Waals surface area contributed by atoms with Gasteiger partial charge in [-0.05, 0) is 26.0 Å². The zero-order valence-electron chi connectivity index (χ0n) is 10.9. The molecule has 7 heteroatoms. The van der Waals surface area contributed by atoms with E-state index in [4.69, 9.17) is 32.5 Å². The molecule has 0 aliphatic rings. The van der Waals surface area contributed by atoms with Crippen LogP contribution in [-0.4, -0.2) is 25.4 Å². The summed E-state index contributed by atoms with van der Waals surface area (Å²) >= 11 is 6.14. The molecule has 0 amide bonds. The Kier molecular flexibility index (Phi) is 5.95. The summed E-state index contributed by atoms with van der Waals surface area (Å²) < 4.78 is 10.9. The molecule has 104 valence electrons. The first-order chi connectivity index (χ1) is 9.08. The summed E-state index contributed by atoms with van der Waals surface area (Å²) in [4.78, 5) is 0. The Morgan fingerprint density at radius 3 is 2.53 bits per heavy atom. The Bertz CT molecular complexity index is 485. The van der Waals surface area contributed by atoms with Crippen molar-refractivity contribution in [3.8, 4) is 11.5 Å². The van der Waals surface area contributed by atoms with Gasteiger partial charge in [0.25, 0.3) is 0 Å². The topological polar surface area (TPSA) is 95.2 Å². The Hall–Kier alpha value is -1.95. The first-order valence-electron chi connectivity index (χ1n) is 5.79. The lowest BCUT2D eigenvalue weighted by Gasteiger charge is -2.13. The summed E-state index contributed by atoms with van der Waals surface area (Å²) in [5.41, 5.74) is 11.1. The van der Waals surface area contributed by atoms with Crippen LogP contribution in [0.3, 0.4) is 0 Å². The average molecular weight is 285 g/mol. The van der Waals surface area contributed by atoms with Crippen LogP contribution in [0.1, 0.15) is 19.4 Å². The normalized spacial score (nSPS) is 10.5. The second-order valence-electron chi connectivity index (χ2n) is 3.47. The van der Waals surface area contributed by atoms with E-state index < -0.39 is 0 Å². The number of nitrogens with zero attached hydrogens (tertiary/aromatic N) is 2. The molecule has 1 aromatic carbocycles. The van der Waals surface area contributed by atoms with Crippen molar-refractivity contribution in [2.75, 3.05) is 13.2 Å². The molecule has 0 spiro atoms. The van der Waals surface area contributed by atoms with E-state index in [1.807, 2.05) is 13.8 Å². The molecule has 6 nitrogen and oxygen atoms in total. The molecule has 4 N–H and O–H groups in total. The fourth-order valence-corrected chi connectivity index (χ4v) is 1.65. The van der Waals surface area contributed by atoms with Gasteiger partial charge in [0.05, 0.1) is 24.5 Å². The summed E-state index contributed by atoms with van der Waals surface area (Å²) in [6.45, 7) is 4.76. The maximum absolute atomic E-state index is 6.14. The largest absolute Gasteiger partial charge is 0.490 e. The van der Waals surface area contributed by atoms with E-state index in [9.17, 15) is 0 Å². The van der Waals surface area contributed by atoms with E-state index in [2.05, 4.69) is 10.2 Å². The molecule has 0 heterocycles. The lowest BCUT2D eigenvalue weighted by molar-refractivity contribution is 0.288. The monoisotopic (exact) mass is 284 g/mol. The molecule has 0 fully saturated rings. The molecule has 0 aliphatic carbocycles. The first kappa shape index (κ1) is 15.1. The SMILES string of the molecule is CCOc1cc(C=NN=C(N)N)cc(Cl)c1OCC. The van der Waals surface area contributed by atoms with Crippen LogP contribution in [0, 0.1) is 0 Å². The number of benzene rings is 1. The molecular weight excluding hydrogens is 268 g/mol. The zero-order chi connectivity index (χ0) is 14.3. The number of ether oxygens (including phenoxy) is 2. The minimum absolute atomic E-state index is 0.113. The predicted octanol–water partition coefficient (Wildman–Crippen LogP) is 1.74. The van der Waals surface area contributed by atoms with Gasteiger partial charge >= 0.3 is 0 Å². The van der Waals surface area contributed by atoms with Gasteiger partial charge in [0.2, 0.25) is 5.96 Å². The van der Waals surface area contributed by atoms with Crippen molar-refractivity contribution in [3.05, 3.63) is 22.7 Å². The smallest absolute Gasteiger partial charge is 0.211 e. The van der Waals surface area contributed by atoms with E-state index >= 15 is 0 Å². The van der Waals surface area contributed by atoms with Crippen molar-refractivity contribution >= 4 is 23.8 Å². The Labute approximate surface area is 117 Å². The molecule has 1 rings (SSSR count). The highest BCUT2D eigenvalue weighted by Gasteiger charge is 2.11. The molecule has 0 aliphatic heterocycles. The summed E-state index contributed by atoms with van der Waals surface area (Å²) in [7, 11) is 0. The fraction of sp³-hybridized carbons (Fsp3) is 0.333. The molecule has 0 aromatic heterocycles. The van der Waals surface area contributed by atoms with E-state index in [1.165, 1.54) is 6.21 Å². The van der Waals surface area contributed by atoms with Gasteiger partial charge in [-0.25, -0.2) is 0 Å². The number of halogens is 1. The van der Waals surface area contributed by atoms with Crippen molar-refractivity contribution in [1.29, 1.82) is 0 Å². The number of hydrogen-bond donors (Lipinski definition) is 2. The quantitative estimate of drug-likeness (QED) is 0.472. The molecular formula is C12H17ClN4O2. The van der Waals surface area contributed by atoms with Gasteiger partial charge in [-0.2, -0.15) is 5.10 Å². The van der Waals surface area contributed by atoms with Gasteiger partial charge in [0, 0.05) is 5.56 Å². The molecule has 0 radical (unpaired) electrons. The molecule has 0 unspecified atom stereocenters. The van der Waals surface area contributed by atoms with E-state index in [0.717, 1.165) is 0 Å². The third-order valence-electron chi connectivity index (χ3n) is 2.00. The molecule has 0 saturated heterocycles. The van der Waals surface area contributed by atoms with Crippen LogP contribution in [-0.2, 0) is 0 Å². The summed E-state index contributed by atoms with van der Waals surface area (Å²) in [6, 6.07) is 3.45. The van der Waals surface area contributed by atoms with E-state index in [0.29, 0.717) is 35.3 Å². The Balaban J connectivity index is 3.08. The molecule has 1 aromatic rings. The standard InChI is InChI=1S/C12H17ClN4O2/c1-3-18-10-6-8(7-16-17-12(14)15)5-9(13)11(10)19-4-2/h5-7H,3-4H2,1-2H3,(H4,14,15,17). The van der Waals surface area contributed by atoms with Gasteiger partial charge < -0.3 is 20.9 Å². The number of guanidine groups is 1.